The Bertz CT molecular complexity index is 764. The largest absolute Gasteiger partial charge is 0.465 e. The van der Waals surface area contributed by atoms with E-state index in [0.29, 0.717) is 5.56 Å². The van der Waals surface area contributed by atoms with E-state index in [-0.39, 0.29) is 43.0 Å². The minimum absolute atomic E-state index is 0.0506. The molecule has 1 aromatic rings. The molecule has 2 aliphatic heterocycles. The summed E-state index contributed by atoms with van der Waals surface area (Å²) >= 11 is 0. The van der Waals surface area contributed by atoms with Gasteiger partial charge in [-0.1, -0.05) is 0 Å². The molecule has 1 saturated heterocycles. The van der Waals surface area contributed by atoms with Gasteiger partial charge in [-0.05, 0) is 24.1 Å². The number of hydrogen-bond acceptors (Lipinski definition) is 4. The molecule has 3 N–H and O–H groups in total. The fraction of sp³-hybridized carbons (Fsp3) is 0.333. The zero-order valence-corrected chi connectivity index (χ0v) is 12.5. The van der Waals surface area contributed by atoms with Crippen molar-refractivity contribution in [2.24, 2.45) is 0 Å². The van der Waals surface area contributed by atoms with Crippen molar-refractivity contribution in [3.05, 3.63) is 34.6 Å². The third kappa shape index (κ3) is 2.80. The van der Waals surface area contributed by atoms with Crippen molar-refractivity contribution in [1.29, 1.82) is 0 Å². The van der Waals surface area contributed by atoms with E-state index >= 15 is 0 Å². The smallest absolute Gasteiger partial charge is 0.404 e. The molecule has 126 valence electrons. The van der Waals surface area contributed by atoms with Gasteiger partial charge in [0.25, 0.3) is 5.91 Å². The maximum Gasteiger partial charge on any atom is 0.404 e. The summed E-state index contributed by atoms with van der Waals surface area (Å²) in [5.74, 6) is -1.98. The molecule has 0 bridgehead atoms. The Kier molecular flexibility index (Phi) is 3.92. The van der Waals surface area contributed by atoms with E-state index < -0.39 is 29.8 Å². The normalized spacial score (nSPS) is 20.0. The van der Waals surface area contributed by atoms with Gasteiger partial charge in [-0.25, -0.2) is 9.18 Å². The highest BCUT2D eigenvalue weighted by Crippen LogP contribution is 2.29. The molecule has 0 aliphatic carbocycles. The predicted molar refractivity (Wildman–Crippen MR) is 77.3 cm³/mol. The molecule has 8 nitrogen and oxygen atoms in total. The van der Waals surface area contributed by atoms with Gasteiger partial charge in [0.15, 0.2) is 0 Å². The molecule has 0 saturated carbocycles. The minimum atomic E-state index is -1.30. The van der Waals surface area contributed by atoms with Crippen molar-refractivity contribution < 1.29 is 28.7 Å². The summed E-state index contributed by atoms with van der Waals surface area (Å²) in [7, 11) is 0. The van der Waals surface area contributed by atoms with Crippen molar-refractivity contribution in [2.75, 3.05) is 0 Å². The Morgan fingerprint density at radius 1 is 1.38 bits per heavy atom. The number of amides is 4. The second-order valence-corrected chi connectivity index (χ2v) is 5.66. The van der Waals surface area contributed by atoms with Crippen molar-refractivity contribution in [1.82, 2.24) is 15.5 Å². The number of imide groups is 1. The molecule has 0 radical (unpaired) electrons. The second-order valence-electron chi connectivity index (χ2n) is 5.66. The van der Waals surface area contributed by atoms with E-state index in [2.05, 4.69) is 5.32 Å². The van der Waals surface area contributed by atoms with Gasteiger partial charge in [0.05, 0.1) is 0 Å². The van der Waals surface area contributed by atoms with Gasteiger partial charge < -0.3 is 15.3 Å². The van der Waals surface area contributed by atoms with Gasteiger partial charge in [0.2, 0.25) is 11.8 Å². The average Bonchev–Trinajstić information content (AvgIpc) is 2.81. The fourth-order valence-corrected chi connectivity index (χ4v) is 2.94. The summed E-state index contributed by atoms with van der Waals surface area (Å²) in [6.07, 6.45) is -0.940. The van der Waals surface area contributed by atoms with Crippen LogP contribution < -0.4 is 10.6 Å². The number of rotatable bonds is 3. The monoisotopic (exact) mass is 335 g/mol. The number of nitrogens with one attached hydrogen (secondary N) is 2. The van der Waals surface area contributed by atoms with Crippen LogP contribution in [0.15, 0.2) is 12.1 Å². The lowest BCUT2D eigenvalue weighted by Gasteiger charge is -2.29. The Balaban J connectivity index is 1.83. The lowest BCUT2D eigenvalue weighted by molar-refractivity contribution is -0.136. The van der Waals surface area contributed by atoms with Crippen LogP contribution >= 0.6 is 0 Å². The van der Waals surface area contributed by atoms with Crippen LogP contribution in [-0.2, 0) is 22.7 Å². The van der Waals surface area contributed by atoms with Crippen LogP contribution in [0.1, 0.15) is 34.3 Å². The number of halogens is 1. The summed E-state index contributed by atoms with van der Waals surface area (Å²) in [4.78, 5) is 47.5. The number of hydrogen-bond donors (Lipinski definition) is 3. The van der Waals surface area contributed by atoms with Gasteiger partial charge in [-0.15, -0.1) is 0 Å². The Morgan fingerprint density at radius 2 is 2.12 bits per heavy atom. The van der Waals surface area contributed by atoms with Crippen LogP contribution in [0.3, 0.4) is 0 Å². The van der Waals surface area contributed by atoms with Gasteiger partial charge in [-0.2, -0.15) is 0 Å². The van der Waals surface area contributed by atoms with Crippen LogP contribution in [0.25, 0.3) is 0 Å². The highest BCUT2D eigenvalue weighted by atomic mass is 19.1. The Labute approximate surface area is 135 Å². The molecule has 1 atom stereocenters. The summed E-state index contributed by atoms with van der Waals surface area (Å²) < 4.78 is 14.0. The highest BCUT2D eigenvalue weighted by molar-refractivity contribution is 6.05. The molecule has 2 aliphatic rings. The average molecular weight is 335 g/mol. The third-order valence-corrected chi connectivity index (χ3v) is 4.12. The number of carbonyl (C=O) groups excluding carboxylic acids is 3. The number of nitrogens with zero attached hydrogens (tertiary/aromatic N) is 1. The standard InChI is InChI=1S/C15H14FN3O5/c16-10-4-8-6-19(11-1-2-12(20)18-13(11)21)14(22)9(8)3-7(10)5-17-15(23)24/h3-4,11,17H,1-2,5-6H2,(H,23,24)(H,18,20,21). The molecule has 1 fully saturated rings. The van der Waals surface area contributed by atoms with E-state index in [1.54, 1.807) is 0 Å². The SMILES string of the molecule is O=C(O)NCc1cc2c(cc1F)CN(C1CCC(=O)NC1=O)C2=O. The molecule has 2 heterocycles. The van der Waals surface area contributed by atoms with Crippen LogP contribution in [0.2, 0.25) is 0 Å². The highest BCUT2D eigenvalue weighted by Gasteiger charge is 2.39. The van der Waals surface area contributed by atoms with Crippen LogP contribution in [0.4, 0.5) is 9.18 Å². The maximum atomic E-state index is 14.0. The lowest BCUT2D eigenvalue weighted by atomic mass is 10.0. The molecule has 9 heteroatoms. The zero-order valence-electron chi connectivity index (χ0n) is 12.5. The zero-order chi connectivity index (χ0) is 17.4. The molecular formula is C15H14FN3O5. The van der Waals surface area contributed by atoms with E-state index in [4.69, 9.17) is 5.11 Å². The van der Waals surface area contributed by atoms with Crippen LogP contribution in [0.5, 0.6) is 0 Å². The van der Waals surface area contributed by atoms with Crippen molar-refractivity contribution in [2.45, 2.75) is 32.0 Å². The molecule has 1 aromatic carbocycles. The second kappa shape index (κ2) is 5.91. The number of carboxylic acid groups (broad SMARTS) is 1. The topological polar surface area (TPSA) is 116 Å². The summed E-state index contributed by atoms with van der Waals surface area (Å²) in [6, 6.07) is 1.71. The van der Waals surface area contributed by atoms with Gasteiger partial charge >= 0.3 is 6.09 Å². The maximum absolute atomic E-state index is 14.0. The first-order valence-corrected chi connectivity index (χ1v) is 7.29. The van der Waals surface area contributed by atoms with Gasteiger partial charge in [-0.3, -0.25) is 19.7 Å². The minimum Gasteiger partial charge on any atom is -0.465 e. The van der Waals surface area contributed by atoms with Crippen molar-refractivity contribution >= 4 is 23.8 Å². The Hall–Kier alpha value is -2.97. The first-order chi connectivity index (χ1) is 11.4. The number of carbonyl (C=O) groups is 4. The van der Waals surface area contributed by atoms with Gasteiger partial charge in [0.1, 0.15) is 11.9 Å². The first-order valence-electron chi connectivity index (χ1n) is 7.29. The molecule has 4 amide bonds. The van der Waals surface area contributed by atoms with Crippen LogP contribution in [0, 0.1) is 5.82 Å². The molecule has 3 rings (SSSR count). The number of fused-ring (bicyclic) bond motifs is 1. The number of piperidine rings is 1. The van der Waals surface area contributed by atoms with Crippen molar-refractivity contribution in [3.8, 4) is 0 Å². The van der Waals surface area contributed by atoms with Gasteiger partial charge in [0, 0.05) is 30.6 Å². The quantitative estimate of drug-likeness (QED) is 0.690. The van der Waals surface area contributed by atoms with E-state index in [1.807, 2.05) is 5.32 Å². The summed E-state index contributed by atoms with van der Waals surface area (Å²) in [5.41, 5.74) is 0.721. The Morgan fingerprint density at radius 3 is 2.79 bits per heavy atom. The van der Waals surface area contributed by atoms with E-state index in [9.17, 15) is 23.6 Å². The molecule has 0 spiro atoms. The predicted octanol–water partition coefficient (Wildman–Crippen LogP) is 0.354. The lowest BCUT2D eigenvalue weighted by Crippen LogP contribution is -2.52. The third-order valence-electron chi connectivity index (χ3n) is 4.12. The first kappa shape index (κ1) is 15.9. The van der Waals surface area contributed by atoms with E-state index in [1.165, 1.54) is 17.0 Å². The van der Waals surface area contributed by atoms with E-state index in [0.717, 1.165) is 0 Å². The number of benzene rings is 1. The summed E-state index contributed by atoms with van der Waals surface area (Å²) in [6.45, 7) is -0.190. The molecule has 1 unspecified atom stereocenters. The van der Waals surface area contributed by atoms with Crippen molar-refractivity contribution in [3.63, 3.8) is 0 Å². The molecular weight excluding hydrogens is 321 g/mol. The summed E-state index contributed by atoms with van der Waals surface area (Å²) in [5, 5.41) is 12.8. The fourth-order valence-electron chi connectivity index (χ4n) is 2.94. The van der Waals surface area contributed by atoms with Crippen LogP contribution in [-0.4, -0.2) is 39.9 Å². The molecule has 0 aromatic heterocycles. The molecule has 24 heavy (non-hydrogen) atoms.